The number of benzene rings is 1. The average molecular weight is 411 g/mol. The number of halogens is 1. The molecule has 30 heavy (non-hydrogen) atoms. The molecule has 2 aliphatic carbocycles. The molecule has 0 radical (unpaired) electrons. The third-order valence-corrected chi connectivity index (χ3v) is 7.82. The van der Waals surface area contributed by atoms with Crippen molar-refractivity contribution >= 4 is 0 Å². The molecule has 0 spiro atoms. The van der Waals surface area contributed by atoms with E-state index in [1.807, 2.05) is 12.1 Å². The molecule has 3 rings (SSSR count). The van der Waals surface area contributed by atoms with Crippen molar-refractivity contribution in [2.24, 2.45) is 23.7 Å². The fraction of sp³-hybridized carbons (Fsp3) is 0.724. The van der Waals surface area contributed by atoms with Gasteiger partial charge in [0.25, 0.3) is 0 Å². The molecule has 2 saturated carbocycles. The van der Waals surface area contributed by atoms with E-state index in [1.54, 1.807) is 6.07 Å². The van der Waals surface area contributed by atoms with Crippen molar-refractivity contribution in [3.8, 4) is 11.8 Å². The molecular weight excluding hydrogens is 367 g/mol. The quantitative estimate of drug-likeness (QED) is 0.297. The van der Waals surface area contributed by atoms with E-state index in [-0.39, 0.29) is 5.82 Å². The van der Waals surface area contributed by atoms with E-state index >= 15 is 0 Å². The van der Waals surface area contributed by atoms with Gasteiger partial charge in [-0.3, -0.25) is 0 Å². The summed E-state index contributed by atoms with van der Waals surface area (Å²) in [7, 11) is 0. The normalized spacial score (nSPS) is 26.8. The van der Waals surface area contributed by atoms with Crippen LogP contribution in [0.2, 0.25) is 0 Å². The SMILES string of the molecule is CCCCC[C@H]1CC[C@H](C2CCC(C#Cc3ccc(CCCC)c(F)c3)CC2)CC1. The summed E-state index contributed by atoms with van der Waals surface area (Å²) in [6.45, 7) is 4.45. The first kappa shape index (κ1) is 23.4. The highest BCUT2D eigenvalue weighted by Gasteiger charge is 2.30. The smallest absolute Gasteiger partial charge is 0.127 e. The molecule has 0 aliphatic heterocycles. The predicted molar refractivity (Wildman–Crippen MR) is 127 cm³/mol. The fourth-order valence-corrected chi connectivity index (χ4v) is 5.75. The molecule has 166 valence electrons. The highest BCUT2D eigenvalue weighted by molar-refractivity contribution is 5.37. The van der Waals surface area contributed by atoms with Crippen molar-refractivity contribution < 1.29 is 4.39 Å². The van der Waals surface area contributed by atoms with Crippen LogP contribution < -0.4 is 0 Å². The number of hydrogen-bond donors (Lipinski definition) is 0. The van der Waals surface area contributed by atoms with E-state index < -0.39 is 0 Å². The lowest BCUT2D eigenvalue weighted by Gasteiger charge is -2.37. The van der Waals surface area contributed by atoms with Crippen molar-refractivity contribution in [2.75, 3.05) is 0 Å². The van der Waals surface area contributed by atoms with Crippen molar-refractivity contribution in [3.05, 3.63) is 35.1 Å². The fourth-order valence-electron chi connectivity index (χ4n) is 5.75. The van der Waals surface area contributed by atoms with Crippen LogP contribution in [0.1, 0.15) is 115 Å². The Morgan fingerprint density at radius 1 is 0.833 bits per heavy atom. The summed E-state index contributed by atoms with van der Waals surface area (Å²) in [6.07, 6.45) is 19.8. The van der Waals surface area contributed by atoms with Crippen molar-refractivity contribution in [3.63, 3.8) is 0 Å². The van der Waals surface area contributed by atoms with E-state index in [0.29, 0.717) is 5.92 Å². The lowest BCUT2D eigenvalue weighted by Crippen LogP contribution is -2.25. The number of hydrogen-bond acceptors (Lipinski definition) is 0. The minimum Gasteiger partial charge on any atom is -0.207 e. The van der Waals surface area contributed by atoms with Gasteiger partial charge < -0.3 is 0 Å². The van der Waals surface area contributed by atoms with Crippen molar-refractivity contribution in [1.82, 2.24) is 0 Å². The zero-order valence-electron chi connectivity index (χ0n) is 19.5. The molecular formula is C29H43F. The van der Waals surface area contributed by atoms with Crippen LogP contribution in [0.5, 0.6) is 0 Å². The van der Waals surface area contributed by atoms with Crippen LogP contribution in [0.15, 0.2) is 18.2 Å². The van der Waals surface area contributed by atoms with E-state index in [2.05, 4.69) is 25.7 Å². The van der Waals surface area contributed by atoms with Crippen LogP contribution in [0.3, 0.4) is 0 Å². The number of aryl methyl sites for hydroxylation is 1. The highest BCUT2D eigenvalue weighted by atomic mass is 19.1. The summed E-state index contributed by atoms with van der Waals surface area (Å²) in [5.41, 5.74) is 1.68. The second kappa shape index (κ2) is 12.5. The van der Waals surface area contributed by atoms with E-state index in [9.17, 15) is 4.39 Å². The van der Waals surface area contributed by atoms with Crippen LogP contribution in [0.25, 0.3) is 0 Å². The van der Waals surface area contributed by atoms with Gasteiger partial charge in [-0.05, 0) is 86.8 Å². The molecule has 1 heteroatoms. The third kappa shape index (κ3) is 7.14. The molecule has 2 aliphatic rings. The van der Waals surface area contributed by atoms with Gasteiger partial charge in [-0.2, -0.15) is 0 Å². The minimum atomic E-state index is -0.0794. The Morgan fingerprint density at radius 3 is 2.13 bits per heavy atom. The summed E-state index contributed by atoms with van der Waals surface area (Å²) in [4.78, 5) is 0. The van der Waals surface area contributed by atoms with Gasteiger partial charge in [-0.1, -0.05) is 76.7 Å². The maximum absolute atomic E-state index is 14.2. The number of rotatable bonds is 8. The predicted octanol–water partition coefficient (Wildman–Crippen LogP) is 8.71. The van der Waals surface area contributed by atoms with Gasteiger partial charge >= 0.3 is 0 Å². The first-order chi connectivity index (χ1) is 14.7. The Bertz CT molecular complexity index is 678. The number of unbranched alkanes of at least 4 members (excludes halogenated alkanes) is 3. The second-order valence-electron chi connectivity index (χ2n) is 10.1. The molecule has 0 atom stereocenters. The standard InChI is InChI=1S/C29H43F/c1-3-5-7-8-23-12-17-26(18-13-23)27-19-14-24(15-20-27)10-11-25-16-21-28(9-6-4-2)29(30)22-25/h16,21-24,26-27H,3-9,12-15,17-20H2,1-2H3/t23-,24?,26-,27?. The molecule has 1 aromatic rings. The molecule has 0 saturated heterocycles. The van der Waals surface area contributed by atoms with Crippen LogP contribution in [0, 0.1) is 41.3 Å². The van der Waals surface area contributed by atoms with Gasteiger partial charge in [-0.25, -0.2) is 4.39 Å². The largest absolute Gasteiger partial charge is 0.207 e. The monoisotopic (exact) mass is 410 g/mol. The highest BCUT2D eigenvalue weighted by Crippen LogP contribution is 2.42. The van der Waals surface area contributed by atoms with Gasteiger partial charge in [-0.15, -0.1) is 0 Å². The zero-order valence-corrected chi connectivity index (χ0v) is 19.5. The van der Waals surface area contributed by atoms with Gasteiger partial charge in [0.1, 0.15) is 5.82 Å². The summed E-state index contributed by atoms with van der Waals surface area (Å²) < 4.78 is 14.2. The van der Waals surface area contributed by atoms with E-state index in [1.165, 1.54) is 77.0 Å². The molecule has 0 N–H and O–H groups in total. The van der Waals surface area contributed by atoms with Gasteiger partial charge in [0, 0.05) is 11.5 Å². The first-order valence-electron chi connectivity index (χ1n) is 13.0. The lowest BCUT2D eigenvalue weighted by molar-refractivity contribution is 0.153. The Labute approximate surface area is 185 Å². The Balaban J connectivity index is 1.41. The summed E-state index contributed by atoms with van der Waals surface area (Å²) in [5.74, 6) is 10.1. The molecule has 0 nitrogen and oxygen atoms in total. The molecule has 0 aromatic heterocycles. The first-order valence-corrected chi connectivity index (χ1v) is 13.0. The Hall–Kier alpha value is -1.29. The maximum Gasteiger partial charge on any atom is 0.127 e. The minimum absolute atomic E-state index is 0.0794. The maximum atomic E-state index is 14.2. The van der Waals surface area contributed by atoms with E-state index in [4.69, 9.17) is 0 Å². The van der Waals surface area contributed by atoms with Gasteiger partial charge in [0.05, 0.1) is 0 Å². The summed E-state index contributed by atoms with van der Waals surface area (Å²) >= 11 is 0. The van der Waals surface area contributed by atoms with Crippen LogP contribution in [-0.2, 0) is 6.42 Å². The lowest BCUT2D eigenvalue weighted by atomic mass is 9.69. The Morgan fingerprint density at radius 2 is 1.50 bits per heavy atom. The summed E-state index contributed by atoms with van der Waals surface area (Å²) in [6, 6.07) is 5.58. The molecule has 2 fully saturated rings. The van der Waals surface area contributed by atoms with Crippen LogP contribution >= 0.6 is 0 Å². The summed E-state index contributed by atoms with van der Waals surface area (Å²) in [5, 5.41) is 0. The van der Waals surface area contributed by atoms with E-state index in [0.717, 1.165) is 48.1 Å². The van der Waals surface area contributed by atoms with Crippen LogP contribution in [-0.4, -0.2) is 0 Å². The van der Waals surface area contributed by atoms with Crippen LogP contribution in [0.4, 0.5) is 4.39 Å². The molecule has 0 bridgehead atoms. The topological polar surface area (TPSA) is 0 Å². The van der Waals surface area contributed by atoms with Crippen molar-refractivity contribution in [1.29, 1.82) is 0 Å². The van der Waals surface area contributed by atoms with Crippen molar-refractivity contribution in [2.45, 2.75) is 110 Å². The van der Waals surface area contributed by atoms with Gasteiger partial charge in [0.2, 0.25) is 0 Å². The Kier molecular flexibility index (Phi) is 9.77. The third-order valence-electron chi connectivity index (χ3n) is 7.82. The second-order valence-corrected chi connectivity index (χ2v) is 10.1. The molecule has 1 aromatic carbocycles. The van der Waals surface area contributed by atoms with Gasteiger partial charge in [0.15, 0.2) is 0 Å². The molecule has 0 unspecified atom stereocenters. The molecule has 0 heterocycles. The average Bonchev–Trinajstić information content (AvgIpc) is 2.78. The zero-order chi connectivity index (χ0) is 21.2. The molecule has 0 amide bonds.